The first-order valence-electron chi connectivity index (χ1n) is 12.7. The van der Waals surface area contributed by atoms with E-state index in [-0.39, 0.29) is 52.5 Å². The van der Waals surface area contributed by atoms with Crippen LogP contribution in [0.25, 0.3) is 11.1 Å². The first kappa shape index (κ1) is 24.3. The molecule has 1 heterocycles. The largest absolute Gasteiger partial charge is 0.508 e. The van der Waals surface area contributed by atoms with Gasteiger partial charge in [-0.15, -0.1) is 0 Å². The number of phenolic OH excluding ortho intramolecular Hbond substituents is 4. The van der Waals surface area contributed by atoms with Crippen LogP contribution < -0.4 is 0 Å². The van der Waals surface area contributed by atoms with Crippen LogP contribution in [0.1, 0.15) is 87.7 Å². The van der Waals surface area contributed by atoms with E-state index in [4.69, 9.17) is 4.74 Å². The van der Waals surface area contributed by atoms with Gasteiger partial charge in [-0.1, -0.05) is 26.8 Å². The van der Waals surface area contributed by atoms with Gasteiger partial charge in [0.05, 0.1) is 11.1 Å². The molecule has 3 aromatic carbocycles. The first-order valence-corrected chi connectivity index (χ1v) is 12.7. The average Bonchev–Trinajstić information content (AvgIpc) is 2.81. The van der Waals surface area contributed by atoms with Crippen molar-refractivity contribution in [3.05, 3.63) is 68.8 Å². The van der Waals surface area contributed by atoms with E-state index in [1.165, 1.54) is 6.07 Å². The van der Waals surface area contributed by atoms with E-state index in [0.29, 0.717) is 52.6 Å². The van der Waals surface area contributed by atoms with Gasteiger partial charge in [-0.2, -0.15) is 0 Å². The van der Waals surface area contributed by atoms with Crippen molar-refractivity contribution in [3.8, 4) is 34.1 Å². The molecule has 0 amide bonds. The third-order valence-electron chi connectivity index (χ3n) is 8.28. The van der Waals surface area contributed by atoms with Crippen molar-refractivity contribution in [2.24, 2.45) is 0 Å². The zero-order chi connectivity index (χ0) is 27.3. The number of aryl methyl sites for hydroxylation is 1. The number of rotatable bonds is 2. The lowest BCUT2D eigenvalue weighted by Gasteiger charge is -2.37. The molecule has 0 unspecified atom stereocenters. The zero-order valence-corrected chi connectivity index (χ0v) is 21.3. The monoisotopic (exact) mass is 516 g/mol. The number of carbonyl (C=O) groups excluding carboxylic acids is 2. The Labute approximate surface area is 218 Å². The predicted octanol–water partition coefficient (Wildman–Crippen LogP) is 4.35. The molecule has 0 radical (unpaired) electrons. The van der Waals surface area contributed by atoms with Gasteiger partial charge in [0.15, 0.2) is 0 Å². The van der Waals surface area contributed by atoms with Crippen LogP contribution >= 0.6 is 0 Å². The Hall–Kier alpha value is -4.04. The molecule has 196 valence electrons. The lowest BCUT2D eigenvalue weighted by molar-refractivity contribution is -0.173. The molecule has 0 spiro atoms. The Kier molecular flexibility index (Phi) is 4.95. The minimum absolute atomic E-state index is 0.00915. The summed E-state index contributed by atoms with van der Waals surface area (Å²) < 4.78 is 5.34. The number of ketones is 1. The van der Waals surface area contributed by atoms with E-state index in [2.05, 4.69) is 0 Å². The highest BCUT2D eigenvalue weighted by atomic mass is 16.7. The van der Waals surface area contributed by atoms with Crippen LogP contribution in [0.2, 0.25) is 0 Å². The van der Waals surface area contributed by atoms with Crippen LogP contribution in [0.4, 0.5) is 0 Å². The van der Waals surface area contributed by atoms with Crippen molar-refractivity contribution >= 4 is 11.8 Å². The normalized spacial score (nSPS) is 20.5. The zero-order valence-electron chi connectivity index (χ0n) is 21.3. The lowest BCUT2D eigenvalue weighted by atomic mass is 9.66. The number of fused-ring (bicyclic) bond motifs is 6. The SMILES string of the molecule is CCC[C@]1(O)Cc2cc3c(c(O)c2C(=O)O1)-c1cc2c(c(O)c1CC3)C(=O)c1c(O)cc(O)cc1C2(C)C. The molecule has 1 aliphatic heterocycles. The highest BCUT2D eigenvalue weighted by Gasteiger charge is 2.44. The standard InChI is InChI=1S/C30H28O8/c1-4-7-30(37)12-14-8-13-5-6-16-17(21(13)26(34)22(14)28(36)38-30)11-19-24(25(16)33)27(35)23-18(29(19,2)3)9-15(31)10-20(23)32/h8-11,31-34,37H,4-7,12H2,1-3H3/t30-/m1/s1. The van der Waals surface area contributed by atoms with E-state index in [9.17, 15) is 35.1 Å². The molecular weight excluding hydrogens is 488 g/mol. The van der Waals surface area contributed by atoms with Gasteiger partial charge in [0.1, 0.15) is 28.6 Å². The van der Waals surface area contributed by atoms with E-state index in [0.717, 1.165) is 11.6 Å². The lowest BCUT2D eigenvalue weighted by Crippen LogP contribution is -2.41. The van der Waals surface area contributed by atoms with Crippen LogP contribution in [-0.4, -0.2) is 43.1 Å². The molecule has 5 N–H and O–H groups in total. The van der Waals surface area contributed by atoms with Gasteiger partial charge >= 0.3 is 5.97 Å². The molecule has 0 saturated carbocycles. The molecule has 2 aliphatic carbocycles. The summed E-state index contributed by atoms with van der Waals surface area (Å²) in [7, 11) is 0. The molecular formula is C30H28O8. The molecule has 0 fully saturated rings. The third-order valence-corrected chi connectivity index (χ3v) is 8.28. The number of aliphatic hydroxyl groups is 1. The summed E-state index contributed by atoms with van der Waals surface area (Å²) in [6.45, 7) is 5.53. The summed E-state index contributed by atoms with van der Waals surface area (Å²) >= 11 is 0. The van der Waals surface area contributed by atoms with Crippen LogP contribution in [0.15, 0.2) is 24.3 Å². The van der Waals surface area contributed by atoms with Crippen molar-refractivity contribution in [1.82, 2.24) is 0 Å². The number of benzene rings is 3. The number of phenols is 4. The maximum atomic E-state index is 13.6. The Balaban J connectivity index is 1.59. The molecule has 3 aliphatic rings. The molecule has 8 nitrogen and oxygen atoms in total. The minimum Gasteiger partial charge on any atom is -0.508 e. The van der Waals surface area contributed by atoms with Crippen molar-refractivity contribution < 1.29 is 39.9 Å². The van der Waals surface area contributed by atoms with Gasteiger partial charge in [0.25, 0.3) is 0 Å². The van der Waals surface area contributed by atoms with Crippen LogP contribution in [0.5, 0.6) is 23.0 Å². The summed E-state index contributed by atoms with van der Waals surface area (Å²) in [6.07, 6.45) is 1.77. The quantitative estimate of drug-likeness (QED) is 0.316. The maximum absolute atomic E-state index is 13.6. The van der Waals surface area contributed by atoms with E-state index >= 15 is 0 Å². The van der Waals surface area contributed by atoms with Crippen molar-refractivity contribution in [1.29, 1.82) is 0 Å². The van der Waals surface area contributed by atoms with Gasteiger partial charge in [-0.05, 0) is 59.2 Å². The number of esters is 1. The van der Waals surface area contributed by atoms with Crippen LogP contribution in [0.3, 0.4) is 0 Å². The summed E-state index contributed by atoms with van der Waals surface area (Å²) in [5.74, 6) is -4.05. The summed E-state index contributed by atoms with van der Waals surface area (Å²) in [4.78, 5) is 26.5. The van der Waals surface area contributed by atoms with Crippen molar-refractivity contribution in [2.45, 2.75) is 64.1 Å². The number of hydrogen-bond donors (Lipinski definition) is 5. The molecule has 0 saturated heterocycles. The second kappa shape index (κ2) is 7.74. The van der Waals surface area contributed by atoms with Crippen molar-refractivity contribution in [2.75, 3.05) is 0 Å². The Morgan fingerprint density at radius 3 is 2.26 bits per heavy atom. The Morgan fingerprint density at radius 2 is 1.55 bits per heavy atom. The topological polar surface area (TPSA) is 145 Å². The predicted molar refractivity (Wildman–Crippen MR) is 137 cm³/mol. The molecule has 3 aromatic rings. The second-order valence-electron chi connectivity index (χ2n) is 11.1. The molecule has 8 heteroatoms. The van der Waals surface area contributed by atoms with E-state index in [1.807, 2.05) is 26.8 Å². The van der Waals surface area contributed by atoms with Crippen LogP contribution in [-0.2, 0) is 29.4 Å². The number of hydrogen-bond acceptors (Lipinski definition) is 8. The van der Waals surface area contributed by atoms with Gasteiger partial charge in [0, 0.05) is 35.4 Å². The van der Waals surface area contributed by atoms with Gasteiger partial charge in [-0.25, -0.2) is 4.79 Å². The van der Waals surface area contributed by atoms with Gasteiger partial charge < -0.3 is 30.3 Å². The Morgan fingerprint density at radius 1 is 0.842 bits per heavy atom. The summed E-state index contributed by atoms with van der Waals surface area (Å²) in [6, 6.07) is 6.09. The molecule has 0 aromatic heterocycles. The second-order valence-corrected chi connectivity index (χ2v) is 11.1. The van der Waals surface area contributed by atoms with Gasteiger partial charge in [-0.3, -0.25) is 4.79 Å². The number of ether oxygens (including phenoxy) is 1. The summed E-state index contributed by atoms with van der Waals surface area (Å²) in [5, 5.41) is 54.3. The number of cyclic esters (lactones) is 1. The number of aromatic hydroxyl groups is 4. The fourth-order valence-corrected chi connectivity index (χ4v) is 6.52. The molecule has 1 atom stereocenters. The fourth-order valence-electron chi connectivity index (χ4n) is 6.52. The highest BCUT2D eigenvalue weighted by molar-refractivity contribution is 6.17. The Bertz CT molecular complexity index is 1600. The minimum atomic E-state index is -1.63. The summed E-state index contributed by atoms with van der Waals surface area (Å²) in [5.41, 5.74) is 2.70. The highest BCUT2D eigenvalue weighted by Crippen LogP contribution is 2.54. The molecule has 0 bridgehead atoms. The smallest absolute Gasteiger partial charge is 0.344 e. The fraction of sp³-hybridized carbons (Fsp3) is 0.333. The third kappa shape index (κ3) is 3.13. The maximum Gasteiger partial charge on any atom is 0.344 e. The van der Waals surface area contributed by atoms with E-state index in [1.54, 1.807) is 6.07 Å². The van der Waals surface area contributed by atoms with Crippen LogP contribution in [0, 0.1) is 0 Å². The average molecular weight is 517 g/mol. The van der Waals surface area contributed by atoms with Crippen molar-refractivity contribution in [3.63, 3.8) is 0 Å². The molecule has 38 heavy (non-hydrogen) atoms. The first-order chi connectivity index (χ1) is 17.9. The molecule has 6 rings (SSSR count). The van der Waals surface area contributed by atoms with E-state index < -0.39 is 23.0 Å². The number of carbonyl (C=O) groups is 2. The van der Waals surface area contributed by atoms with Gasteiger partial charge in [0.2, 0.25) is 11.6 Å².